The Morgan fingerprint density at radius 2 is 1.00 bits per heavy atom. The van der Waals surface area contributed by atoms with E-state index >= 15 is 0 Å². The van der Waals surface area contributed by atoms with Gasteiger partial charge in [0.2, 0.25) is 0 Å². The minimum absolute atomic E-state index is 0.00695. The van der Waals surface area contributed by atoms with Gasteiger partial charge in [-0.1, -0.05) is 38.8 Å². The molecule has 2 N–H and O–H groups in total. The van der Waals surface area contributed by atoms with Gasteiger partial charge in [-0.3, -0.25) is 19.2 Å². The van der Waals surface area contributed by atoms with Crippen LogP contribution in [0.15, 0.2) is 23.3 Å². The summed E-state index contributed by atoms with van der Waals surface area (Å²) in [4.78, 5) is 52.6. The molecule has 0 aromatic heterocycles. The number of fused-ring (bicyclic) bond motifs is 10. The molecule has 8 aliphatic carbocycles. The smallest absolute Gasteiger partial charge is 0.400 e. The minimum Gasteiger partial charge on any atom is -0.400 e. The molecule has 277 valence electrons. The van der Waals surface area contributed by atoms with E-state index in [1.165, 1.54) is 18.8 Å². The van der Waals surface area contributed by atoms with Gasteiger partial charge >= 0.3 is 7.69 Å². The van der Waals surface area contributed by atoms with Crippen LogP contribution in [-0.4, -0.2) is 65.4 Å². The molecule has 0 heterocycles. The number of carbonyl (C=O) groups is 4. The van der Waals surface area contributed by atoms with Crippen LogP contribution < -0.4 is 0 Å². The van der Waals surface area contributed by atoms with Gasteiger partial charge in [-0.05, 0) is 148 Å². The summed E-state index contributed by atoms with van der Waals surface area (Å²) < 4.78 is 13.3. The summed E-state index contributed by atoms with van der Waals surface area (Å²) in [6.07, 6.45) is 16.6. The molecule has 0 saturated heterocycles. The number of rotatable bonds is 8. The molecule has 8 nitrogen and oxygen atoms in total. The van der Waals surface area contributed by atoms with Crippen molar-refractivity contribution in [3.63, 3.8) is 0 Å². The highest BCUT2D eigenvalue weighted by molar-refractivity contribution is 6.20. The van der Waals surface area contributed by atoms with Crippen molar-refractivity contribution >= 4 is 30.8 Å². The summed E-state index contributed by atoms with van der Waals surface area (Å²) in [5.74, 6) is 1.98. The fourth-order valence-electron chi connectivity index (χ4n) is 15.0. The van der Waals surface area contributed by atoms with Crippen LogP contribution in [-0.2, 0) is 28.5 Å². The molecule has 6 saturated carbocycles. The topological polar surface area (TPSA) is 127 Å². The second-order valence-corrected chi connectivity index (χ2v) is 19.1. The van der Waals surface area contributed by atoms with Gasteiger partial charge in [0.1, 0.15) is 24.4 Å². The van der Waals surface area contributed by atoms with E-state index in [-0.39, 0.29) is 45.8 Å². The van der Waals surface area contributed by atoms with Crippen molar-refractivity contribution in [1.82, 2.24) is 0 Å². The quantitative estimate of drug-likeness (QED) is 0.286. The maximum Gasteiger partial charge on any atom is 0.489 e. The standard InChI is InChI=1S/C42H58BO8/c1-37-15-9-27(46)21-25(37)5-7-29-31(37)11-17-39(3)33(29)13-19-41(39,35(48)23-44)50-43-51-42(36(49)24-45)20-14-34-30-8-6-26-22-28(47)10-16-38(26,2)32(30)12-18-40(34,42)4/h21-22,29-34,44-45H,5-20,23-24H2,1-4H3. The van der Waals surface area contributed by atoms with E-state index < -0.39 is 35.2 Å². The third-order valence-corrected chi connectivity index (χ3v) is 17.8. The Morgan fingerprint density at radius 1 is 0.608 bits per heavy atom. The predicted octanol–water partition coefficient (Wildman–Crippen LogP) is 6.22. The Balaban J connectivity index is 1.04. The molecule has 51 heavy (non-hydrogen) atoms. The zero-order valence-electron chi connectivity index (χ0n) is 31.3. The molecule has 0 aromatic carbocycles. The van der Waals surface area contributed by atoms with Crippen LogP contribution in [0, 0.1) is 57.2 Å². The van der Waals surface area contributed by atoms with Gasteiger partial charge in [0, 0.05) is 23.7 Å². The van der Waals surface area contributed by atoms with Gasteiger partial charge in [-0.25, -0.2) is 0 Å². The lowest BCUT2D eigenvalue weighted by Gasteiger charge is -2.60. The third kappa shape index (κ3) is 4.78. The van der Waals surface area contributed by atoms with Crippen molar-refractivity contribution in [2.45, 2.75) is 142 Å². The largest absolute Gasteiger partial charge is 0.489 e. The first-order chi connectivity index (χ1) is 24.2. The molecule has 0 spiro atoms. The Hall–Kier alpha value is -1.94. The number of hydrogen-bond acceptors (Lipinski definition) is 8. The average molecular weight is 702 g/mol. The lowest BCUT2D eigenvalue weighted by molar-refractivity contribution is -0.171. The first kappa shape index (κ1) is 36.1. The highest BCUT2D eigenvalue weighted by Crippen LogP contribution is 2.70. The van der Waals surface area contributed by atoms with Gasteiger partial charge in [-0.15, -0.1) is 0 Å². The van der Waals surface area contributed by atoms with Crippen molar-refractivity contribution in [2.24, 2.45) is 57.2 Å². The second-order valence-electron chi connectivity index (χ2n) is 19.1. The molecule has 9 heteroatoms. The molecule has 8 rings (SSSR count). The van der Waals surface area contributed by atoms with Crippen LogP contribution in [0.3, 0.4) is 0 Å². The lowest BCUT2D eigenvalue weighted by Crippen LogP contribution is -2.62. The third-order valence-electron chi connectivity index (χ3n) is 17.8. The molecular formula is C42H58BO8. The zero-order valence-corrected chi connectivity index (χ0v) is 31.3. The molecule has 8 aliphatic rings. The van der Waals surface area contributed by atoms with E-state index in [1.54, 1.807) is 0 Å². The van der Waals surface area contributed by atoms with Gasteiger partial charge in [-0.2, -0.15) is 0 Å². The van der Waals surface area contributed by atoms with Crippen LogP contribution in [0.25, 0.3) is 0 Å². The summed E-state index contributed by atoms with van der Waals surface area (Å²) in [6, 6.07) is 0. The van der Waals surface area contributed by atoms with Crippen molar-refractivity contribution in [3.05, 3.63) is 23.3 Å². The Morgan fingerprint density at radius 3 is 1.39 bits per heavy atom. The SMILES string of the molecule is CC12CCC(=O)C=C1CCC1C2CCC2(C)C1CCC2(O[B]OC1(C(=O)CO)CCC2C3CCC4=CC(=O)CCC4(C)C3CCC21C)C(=O)CO. The van der Waals surface area contributed by atoms with Crippen LogP contribution in [0.2, 0.25) is 0 Å². The fraction of sp³-hybridized carbons (Fsp3) is 0.810. The summed E-state index contributed by atoms with van der Waals surface area (Å²) in [5, 5.41) is 20.8. The van der Waals surface area contributed by atoms with E-state index in [0.29, 0.717) is 49.4 Å². The summed E-state index contributed by atoms with van der Waals surface area (Å²) in [5.41, 5.74) is -0.947. The van der Waals surface area contributed by atoms with E-state index in [4.69, 9.17) is 9.31 Å². The Bertz CT molecular complexity index is 1470. The molecule has 0 aromatic rings. The number of ketones is 4. The number of allylic oxidation sites excluding steroid dienone is 2. The van der Waals surface area contributed by atoms with Crippen LogP contribution in [0.1, 0.15) is 130 Å². The van der Waals surface area contributed by atoms with Crippen molar-refractivity contribution < 1.29 is 38.7 Å². The normalized spacial score (nSPS) is 48.6. The van der Waals surface area contributed by atoms with Gasteiger partial charge in [0.15, 0.2) is 23.1 Å². The van der Waals surface area contributed by atoms with Crippen molar-refractivity contribution in [2.75, 3.05) is 13.2 Å². The molecule has 0 amide bonds. The number of aliphatic hydroxyl groups excluding tert-OH is 2. The molecular weight excluding hydrogens is 643 g/mol. The zero-order chi connectivity index (χ0) is 36.2. The monoisotopic (exact) mass is 701 g/mol. The summed E-state index contributed by atoms with van der Waals surface area (Å²) in [6.45, 7) is 7.80. The molecule has 12 atom stereocenters. The molecule has 0 bridgehead atoms. The highest BCUT2D eigenvalue weighted by Gasteiger charge is 2.70. The van der Waals surface area contributed by atoms with E-state index in [0.717, 1.165) is 77.0 Å². The minimum atomic E-state index is -1.27. The van der Waals surface area contributed by atoms with E-state index in [2.05, 4.69) is 27.7 Å². The van der Waals surface area contributed by atoms with Gasteiger partial charge in [0.25, 0.3) is 0 Å². The van der Waals surface area contributed by atoms with Crippen molar-refractivity contribution in [3.8, 4) is 0 Å². The fourth-order valence-corrected chi connectivity index (χ4v) is 15.0. The molecule has 0 aliphatic heterocycles. The molecule has 12 unspecified atom stereocenters. The summed E-state index contributed by atoms with van der Waals surface area (Å²) in [7, 11) is 1.28. The number of aliphatic hydroxyl groups is 2. The first-order valence-corrected chi connectivity index (χ1v) is 20.2. The summed E-state index contributed by atoms with van der Waals surface area (Å²) >= 11 is 0. The Labute approximate surface area is 304 Å². The number of Topliss-reactive ketones (excluding diaryl/α,β-unsaturated/α-hetero) is 2. The van der Waals surface area contributed by atoms with Gasteiger partial charge < -0.3 is 19.5 Å². The Kier molecular flexibility index (Phi) is 8.69. The van der Waals surface area contributed by atoms with Crippen molar-refractivity contribution in [1.29, 1.82) is 0 Å². The second kappa shape index (κ2) is 12.3. The van der Waals surface area contributed by atoms with Crippen LogP contribution in [0.5, 0.6) is 0 Å². The van der Waals surface area contributed by atoms with E-state index in [9.17, 15) is 29.4 Å². The maximum absolute atomic E-state index is 14.0. The lowest BCUT2D eigenvalue weighted by atomic mass is 9.46. The molecule has 1 radical (unpaired) electrons. The first-order valence-electron chi connectivity index (χ1n) is 20.2. The average Bonchev–Trinajstić information content (AvgIpc) is 3.59. The molecule has 6 fully saturated rings. The predicted molar refractivity (Wildman–Crippen MR) is 191 cm³/mol. The number of hydrogen-bond donors (Lipinski definition) is 2. The van der Waals surface area contributed by atoms with Crippen LogP contribution >= 0.6 is 0 Å². The van der Waals surface area contributed by atoms with E-state index in [1.807, 2.05) is 12.2 Å². The highest BCUT2D eigenvalue weighted by atomic mass is 16.6. The maximum atomic E-state index is 14.0. The van der Waals surface area contributed by atoms with Gasteiger partial charge in [0.05, 0.1) is 0 Å². The number of carbonyl (C=O) groups excluding carboxylic acids is 4. The van der Waals surface area contributed by atoms with Crippen LogP contribution in [0.4, 0.5) is 0 Å².